The van der Waals surface area contributed by atoms with E-state index in [2.05, 4.69) is 5.32 Å². The lowest BCUT2D eigenvalue weighted by Crippen LogP contribution is -2.25. The summed E-state index contributed by atoms with van der Waals surface area (Å²) in [6.45, 7) is 0.00613. The van der Waals surface area contributed by atoms with Gasteiger partial charge in [0, 0.05) is 54.1 Å². The van der Waals surface area contributed by atoms with Gasteiger partial charge in [-0.25, -0.2) is 0 Å². The lowest BCUT2D eigenvalue weighted by molar-refractivity contribution is -0.385. The van der Waals surface area contributed by atoms with Gasteiger partial charge in [-0.1, -0.05) is 0 Å². The number of ketones is 1. The average molecular weight is 371 g/mol. The van der Waals surface area contributed by atoms with Gasteiger partial charge in [0.1, 0.15) is 0 Å². The van der Waals surface area contributed by atoms with Gasteiger partial charge in [0.05, 0.1) is 15.4 Å². The molecule has 0 spiro atoms. The molecule has 2 aromatic rings. The van der Waals surface area contributed by atoms with Crippen molar-refractivity contribution in [1.82, 2.24) is 5.32 Å². The summed E-state index contributed by atoms with van der Waals surface area (Å²) in [7, 11) is 0. The number of nitrogens with zero attached hydrogens (tertiary/aromatic N) is 2. The minimum atomic E-state index is -0.719. The van der Waals surface area contributed by atoms with Crippen molar-refractivity contribution < 1.29 is 24.5 Å². The molecule has 0 unspecified atom stereocenters. The van der Waals surface area contributed by atoms with E-state index >= 15 is 0 Å². The van der Waals surface area contributed by atoms with E-state index in [1.54, 1.807) is 0 Å². The summed E-state index contributed by atoms with van der Waals surface area (Å²) in [5.41, 5.74) is -0.316. The van der Waals surface area contributed by atoms with Crippen LogP contribution in [0.15, 0.2) is 30.3 Å². The number of carbonyl (C=O) groups excluding carboxylic acids is 2. The lowest BCUT2D eigenvalue weighted by atomic mass is 9.97. The molecule has 0 aliphatic heterocycles. The minimum Gasteiger partial charge on any atom is -0.396 e. The Hall–Kier alpha value is -3.66. The molecule has 3 rings (SSSR count). The van der Waals surface area contributed by atoms with Crippen molar-refractivity contribution >= 4 is 23.1 Å². The predicted octanol–water partition coefficient (Wildman–Crippen LogP) is 1.83. The van der Waals surface area contributed by atoms with E-state index in [0.29, 0.717) is 12.0 Å². The summed E-state index contributed by atoms with van der Waals surface area (Å²) in [4.78, 5) is 46.0. The largest absolute Gasteiger partial charge is 0.396 e. The van der Waals surface area contributed by atoms with E-state index in [0.717, 1.165) is 18.2 Å². The number of hydrogen-bond donors (Lipinski definition) is 2. The molecule has 138 valence electrons. The van der Waals surface area contributed by atoms with Crippen LogP contribution < -0.4 is 5.32 Å². The number of aliphatic hydroxyl groups excluding tert-OH is 1. The van der Waals surface area contributed by atoms with Gasteiger partial charge < -0.3 is 10.4 Å². The second kappa shape index (κ2) is 6.92. The molecular formula is C17H13N3O7. The van der Waals surface area contributed by atoms with E-state index in [9.17, 15) is 29.8 Å². The van der Waals surface area contributed by atoms with Gasteiger partial charge >= 0.3 is 0 Å². The van der Waals surface area contributed by atoms with E-state index in [1.807, 2.05) is 0 Å². The summed E-state index contributed by atoms with van der Waals surface area (Å²) in [5.74, 6) is -1.25. The normalized spacial score (nSPS) is 11.7. The number of hydrogen-bond acceptors (Lipinski definition) is 7. The van der Waals surface area contributed by atoms with Crippen LogP contribution in [0.4, 0.5) is 11.4 Å². The van der Waals surface area contributed by atoms with Crippen molar-refractivity contribution in [3.63, 3.8) is 0 Å². The van der Waals surface area contributed by atoms with E-state index in [4.69, 9.17) is 5.11 Å². The maximum Gasteiger partial charge on any atom is 0.271 e. The van der Waals surface area contributed by atoms with Crippen LogP contribution >= 0.6 is 0 Å². The van der Waals surface area contributed by atoms with Crippen molar-refractivity contribution in [3.05, 3.63) is 67.3 Å². The molecule has 0 bridgehead atoms. The van der Waals surface area contributed by atoms with E-state index in [1.165, 1.54) is 12.1 Å². The molecule has 0 atom stereocenters. The fourth-order valence-corrected chi connectivity index (χ4v) is 2.95. The van der Waals surface area contributed by atoms with Gasteiger partial charge in [0.25, 0.3) is 17.3 Å². The standard InChI is InChI=1S/C17H13N3O7/c21-5-1-4-18-17(23)14-8-10(20(26)27)7-13-15(14)11-3-2-9(19(24)25)6-12(11)16(13)22/h2-3,6-8,21H,1,4-5H2,(H,18,23). The summed E-state index contributed by atoms with van der Waals surface area (Å²) in [5, 5.41) is 33.5. The first-order valence-corrected chi connectivity index (χ1v) is 7.90. The number of amides is 1. The van der Waals surface area contributed by atoms with Gasteiger partial charge in [-0.15, -0.1) is 0 Å². The zero-order valence-electron chi connectivity index (χ0n) is 13.8. The Balaban J connectivity index is 2.18. The van der Waals surface area contributed by atoms with E-state index in [-0.39, 0.29) is 41.1 Å². The van der Waals surface area contributed by atoms with Gasteiger partial charge in [-0.2, -0.15) is 0 Å². The van der Waals surface area contributed by atoms with Crippen molar-refractivity contribution in [3.8, 4) is 11.1 Å². The molecule has 2 aromatic carbocycles. The first kappa shape index (κ1) is 18.1. The highest BCUT2D eigenvalue weighted by molar-refractivity contribution is 6.25. The lowest BCUT2D eigenvalue weighted by Gasteiger charge is -2.10. The average Bonchev–Trinajstić information content (AvgIpc) is 2.93. The molecule has 2 N–H and O–H groups in total. The zero-order chi connectivity index (χ0) is 19.7. The van der Waals surface area contributed by atoms with Crippen molar-refractivity contribution in [2.75, 3.05) is 13.2 Å². The molecule has 0 saturated heterocycles. The summed E-state index contributed by atoms with van der Waals surface area (Å²) in [6.07, 6.45) is 0.296. The van der Waals surface area contributed by atoms with Gasteiger partial charge in [0.2, 0.25) is 0 Å². The monoisotopic (exact) mass is 371 g/mol. The Bertz CT molecular complexity index is 1000. The third kappa shape index (κ3) is 3.13. The second-order valence-corrected chi connectivity index (χ2v) is 5.82. The Morgan fingerprint density at radius 2 is 1.67 bits per heavy atom. The highest BCUT2D eigenvalue weighted by Crippen LogP contribution is 2.42. The Morgan fingerprint density at radius 3 is 2.30 bits per heavy atom. The van der Waals surface area contributed by atoms with Crippen LogP contribution in [0.2, 0.25) is 0 Å². The van der Waals surface area contributed by atoms with Gasteiger partial charge in [-0.3, -0.25) is 29.8 Å². The Morgan fingerprint density at radius 1 is 1.00 bits per heavy atom. The summed E-state index contributed by atoms with van der Waals surface area (Å²) in [6, 6.07) is 5.78. The van der Waals surface area contributed by atoms with E-state index < -0.39 is 27.2 Å². The molecule has 1 aliphatic rings. The smallest absolute Gasteiger partial charge is 0.271 e. The summed E-state index contributed by atoms with van der Waals surface area (Å²) < 4.78 is 0. The number of nitrogens with one attached hydrogen (secondary N) is 1. The van der Waals surface area contributed by atoms with Crippen LogP contribution in [0.1, 0.15) is 32.7 Å². The van der Waals surface area contributed by atoms with Crippen molar-refractivity contribution in [2.45, 2.75) is 6.42 Å². The molecule has 0 saturated carbocycles. The number of fused-ring (bicyclic) bond motifs is 3. The number of non-ortho nitro benzene ring substituents is 2. The quantitative estimate of drug-likeness (QED) is 0.381. The predicted molar refractivity (Wildman–Crippen MR) is 92.7 cm³/mol. The number of benzene rings is 2. The maximum absolute atomic E-state index is 12.7. The number of nitro benzene ring substituents is 2. The third-order valence-electron chi connectivity index (χ3n) is 4.17. The SMILES string of the molecule is O=C(NCCCO)c1cc([N+](=O)[O-])cc2c1-c1ccc([N+](=O)[O-])cc1C2=O. The number of rotatable bonds is 6. The minimum absolute atomic E-state index is 0.0177. The highest BCUT2D eigenvalue weighted by atomic mass is 16.6. The van der Waals surface area contributed by atoms with Gasteiger partial charge in [-0.05, 0) is 18.1 Å². The number of nitro groups is 2. The Labute approximate surface area is 151 Å². The van der Waals surface area contributed by atoms with Crippen molar-refractivity contribution in [2.24, 2.45) is 0 Å². The topological polar surface area (TPSA) is 153 Å². The van der Waals surface area contributed by atoms with Crippen LogP contribution in [0, 0.1) is 20.2 Å². The third-order valence-corrected chi connectivity index (χ3v) is 4.17. The molecule has 10 nitrogen and oxygen atoms in total. The molecule has 0 fully saturated rings. The Kier molecular flexibility index (Phi) is 4.65. The zero-order valence-corrected chi connectivity index (χ0v) is 13.8. The molecule has 1 amide bonds. The van der Waals surface area contributed by atoms with Crippen LogP contribution in [0.25, 0.3) is 11.1 Å². The molecule has 10 heteroatoms. The highest BCUT2D eigenvalue weighted by Gasteiger charge is 2.34. The molecule has 0 aromatic heterocycles. The summed E-state index contributed by atoms with van der Waals surface area (Å²) >= 11 is 0. The fraction of sp³-hybridized carbons (Fsp3) is 0.176. The second-order valence-electron chi connectivity index (χ2n) is 5.82. The van der Waals surface area contributed by atoms with Crippen molar-refractivity contribution in [1.29, 1.82) is 0 Å². The number of carbonyl (C=O) groups is 2. The molecule has 27 heavy (non-hydrogen) atoms. The maximum atomic E-state index is 12.7. The molecule has 0 heterocycles. The first-order valence-electron chi connectivity index (χ1n) is 7.90. The van der Waals surface area contributed by atoms with Crippen LogP contribution in [-0.4, -0.2) is 39.8 Å². The van der Waals surface area contributed by atoms with Crippen LogP contribution in [0.5, 0.6) is 0 Å². The van der Waals surface area contributed by atoms with Crippen LogP contribution in [0.3, 0.4) is 0 Å². The molecular weight excluding hydrogens is 358 g/mol. The molecule has 1 aliphatic carbocycles. The molecule has 0 radical (unpaired) electrons. The first-order chi connectivity index (χ1) is 12.8. The van der Waals surface area contributed by atoms with Crippen LogP contribution in [-0.2, 0) is 0 Å². The fourth-order valence-electron chi connectivity index (χ4n) is 2.95. The van der Waals surface area contributed by atoms with Gasteiger partial charge in [0.15, 0.2) is 5.78 Å². The number of aliphatic hydroxyl groups is 1.